The van der Waals surface area contributed by atoms with Gasteiger partial charge >= 0.3 is 0 Å². The fraction of sp³-hybridized carbons (Fsp3) is 1.00. The second kappa shape index (κ2) is 4.60. The molecule has 0 aromatic carbocycles. The number of aliphatic hydroxyl groups is 2. The fourth-order valence-electron chi connectivity index (χ4n) is 1.88. The fourth-order valence-corrected chi connectivity index (χ4v) is 1.88. The average molecular weight is 201 g/mol. The third-order valence-electron chi connectivity index (χ3n) is 3.24. The Morgan fingerprint density at radius 3 is 2.64 bits per heavy atom. The summed E-state index contributed by atoms with van der Waals surface area (Å²) >= 11 is 0. The van der Waals surface area contributed by atoms with Crippen LogP contribution in [0.3, 0.4) is 0 Å². The summed E-state index contributed by atoms with van der Waals surface area (Å²) in [4.78, 5) is 2.25. The SMILES string of the molecule is CC(O)C(C)(C)CN1CCCC(O)C1. The zero-order valence-electron chi connectivity index (χ0n) is 9.53. The van der Waals surface area contributed by atoms with Gasteiger partial charge in [0, 0.05) is 18.5 Å². The first-order chi connectivity index (χ1) is 6.42. The van der Waals surface area contributed by atoms with Gasteiger partial charge in [-0.15, -0.1) is 0 Å². The first-order valence-electron chi connectivity index (χ1n) is 5.50. The summed E-state index contributed by atoms with van der Waals surface area (Å²) in [6, 6.07) is 0. The number of hydrogen-bond donors (Lipinski definition) is 2. The van der Waals surface area contributed by atoms with Gasteiger partial charge in [0.25, 0.3) is 0 Å². The van der Waals surface area contributed by atoms with Crippen LogP contribution < -0.4 is 0 Å². The van der Waals surface area contributed by atoms with Crippen LogP contribution in [0.25, 0.3) is 0 Å². The van der Waals surface area contributed by atoms with Gasteiger partial charge in [-0.25, -0.2) is 0 Å². The monoisotopic (exact) mass is 201 g/mol. The first-order valence-corrected chi connectivity index (χ1v) is 5.50. The molecule has 0 saturated carbocycles. The first kappa shape index (κ1) is 12.0. The lowest BCUT2D eigenvalue weighted by Crippen LogP contribution is -2.46. The maximum absolute atomic E-state index is 9.59. The second-order valence-corrected chi connectivity index (χ2v) is 5.20. The third-order valence-corrected chi connectivity index (χ3v) is 3.24. The van der Waals surface area contributed by atoms with E-state index in [0.29, 0.717) is 0 Å². The lowest BCUT2D eigenvalue weighted by Gasteiger charge is -2.38. The van der Waals surface area contributed by atoms with Crippen LogP contribution in [0.5, 0.6) is 0 Å². The van der Waals surface area contributed by atoms with E-state index in [-0.39, 0.29) is 17.6 Å². The zero-order chi connectivity index (χ0) is 10.8. The van der Waals surface area contributed by atoms with Gasteiger partial charge in [0.15, 0.2) is 0 Å². The molecule has 1 saturated heterocycles. The van der Waals surface area contributed by atoms with Crippen molar-refractivity contribution >= 4 is 0 Å². The molecule has 1 aliphatic rings. The molecule has 2 unspecified atom stereocenters. The Labute approximate surface area is 86.7 Å². The van der Waals surface area contributed by atoms with Crippen LogP contribution in [0.2, 0.25) is 0 Å². The largest absolute Gasteiger partial charge is 0.393 e. The molecule has 3 nitrogen and oxygen atoms in total. The highest BCUT2D eigenvalue weighted by molar-refractivity contribution is 4.81. The summed E-state index contributed by atoms with van der Waals surface area (Å²) in [5, 5.41) is 19.1. The highest BCUT2D eigenvalue weighted by Gasteiger charge is 2.29. The van der Waals surface area contributed by atoms with Crippen molar-refractivity contribution in [2.45, 2.75) is 45.8 Å². The summed E-state index contributed by atoms with van der Waals surface area (Å²) in [6.45, 7) is 8.64. The van der Waals surface area contributed by atoms with Crippen molar-refractivity contribution in [1.82, 2.24) is 4.90 Å². The molecule has 1 aliphatic heterocycles. The maximum atomic E-state index is 9.59. The Morgan fingerprint density at radius 2 is 2.14 bits per heavy atom. The number of nitrogens with zero attached hydrogens (tertiary/aromatic N) is 1. The van der Waals surface area contributed by atoms with Crippen molar-refractivity contribution < 1.29 is 10.2 Å². The van der Waals surface area contributed by atoms with Crippen LogP contribution in [0.15, 0.2) is 0 Å². The molecule has 0 aromatic rings. The van der Waals surface area contributed by atoms with E-state index in [0.717, 1.165) is 32.5 Å². The molecule has 2 atom stereocenters. The number of rotatable bonds is 3. The number of piperidine rings is 1. The van der Waals surface area contributed by atoms with Crippen molar-refractivity contribution in [2.75, 3.05) is 19.6 Å². The van der Waals surface area contributed by atoms with Crippen LogP contribution >= 0.6 is 0 Å². The summed E-state index contributed by atoms with van der Waals surface area (Å²) < 4.78 is 0. The smallest absolute Gasteiger partial charge is 0.0667 e. The molecule has 2 N–H and O–H groups in total. The highest BCUT2D eigenvalue weighted by atomic mass is 16.3. The highest BCUT2D eigenvalue weighted by Crippen LogP contribution is 2.23. The molecule has 3 heteroatoms. The van der Waals surface area contributed by atoms with Gasteiger partial charge in [0.1, 0.15) is 0 Å². The lowest BCUT2D eigenvalue weighted by atomic mass is 9.86. The van der Waals surface area contributed by atoms with Crippen molar-refractivity contribution in [1.29, 1.82) is 0 Å². The van der Waals surface area contributed by atoms with E-state index >= 15 is 0 Å². The van der Waals surface area contributed by atoms with Crippen molar-refractivity contribution in [3.05, 3.63) is 0 Å². The summed E-state index contributed by atoms with van der Waals surface area (Å²) in [7, 11) is 0. The molecular weight excluding hydrogens is 178 g/mol. The third kappa shape index (κ3) is 3.23. The van der Waals surface area contributed by atoms with Gasteiger partial charge in [0.05, 0.1) is 12.2 Å². The molecule has 0 aromatic heterocycles. The van der Waals surface area contributed by atoms with Gasteiger partial charge in [-0.2, -0.15) is 0 Å². The summed E-state index contributed by atoms with van der Waals surface area (Å²) in [6.07, 6.45) is 1.51. The van der Waals surface area contributed by atoms with Gasteiger partial charge in [-0.05, 0) is 26.3 Å². The van der Waals surface area contributed by atoms with E-state index in [9.17, 15) is 10.2 Å². The molecule has 0 radical (unpaired) electrons. The molecule has 0 amide bonds. The van der Waals surface area contributed by atoms with Crippen LogP contribution in [0.1, 0.15) is 33.6 Å². The predicted octanol–water partition coefficient (Wildman–Crippen LogP) is 0.850. The second-order valence-electron chi connectivity index (χ2n) is 5.20. The van der Waals surface area contributed by atoms with Crippen molar-refractivity contribution in [3.8, 4) is 0 Å². The topological polar surface area (TPSA) is 43.7 Å². The van der Waals surface area contributed by atoms with E-state index in [1.807, 2.05) is 6.92 Å². The van der Waals surface area contributed by atoms with Crippen LogP contribution in [-0.2, 0) is 0 Å². The van der Waals surface area contributed by atoms with E-state index in [4.69, 9.17) is 0 Å². The molecule has 84 valence electrons. The van der Waals surface area contributed by atoms with Crippen LogP contribution in [0, 0.1) is 5.41 Å². The molecule has 1 heterocycles. The van der Waals surface area contributed by atoms with Crippen LogP contribution in [0.4, 0.5) is 0 Å². The van der Waals surface area contributed by atoms with E-state index in [1.54, 1.807) is 0 Å². The summed E-state index contributed by atoms with van der Waals surface area (Å²) in [5.41, 5.74) is -0.0862. The number of β-amino-alcohol motifs (C(OH)–C–C–N with tert-alkyl or cyclic N) is 1. The number of aliphatic hydroxyl groups excluding tert-OH is 2. The van der Waals surface area contributed by atoms with Crippen molar-refractivity contribution in [3.63, 3.8) is 0 Å². The molecular formula is C11H23NO2. The van der Waals surface area contributed by atoms with Gasteiger partial charge in [0.2, 0.25) is 0 Å². The standard InChI is InChI=1S/C11H23NO2/c1-9(13)11(2,3)8-12-6-4-5-10(14)7-12/h9-10,13-14H,4-8H2,1-3H3. The minimum absolute atomic E-state index is 0.0862. The molecule has 14 heavy (non-hydrogen) atoms. The van der Waals surface area contributed by atoms with E-state index < -0.39 is 0 Å². The lowest BCUT2D eigenvalue weighted by molar-refractivity contribution is 0.00414. The zero-order valence-corrected chi connectivity index (χ0v) is 9.53. The molecule has 1 rings (SSSR count). The van der Waals surface area contributed by atoms with Crippen molar-refractivity contribution in [2.24, 2.45) is 5.41 Å². The normalized spacial score (nSPS) is 27.6. The minimum Gasteiger partial charge on any atom is -0.393 e. The number of likely N-dealkylation sites (tertiary alicyclic amines) is 1. The molecule has 0 spiro atoms. The minimum atomic E-state index is -0.304. The maximum Gasteiger partial charge on any atom is 0.0667 e. The Morgan fingerprint density at radius 1 is 1.50 bits per heavy atom. The molecule has 1 fully saturated rings. The predicted molar refractivity (Wildman–Crippen MR) is 57.1 cm³/mol. The van der Waals surface area contributed by atoms with Gasteiger partial charge in [-0.3, -0.25) is 0 Å². The van der Waals surface area contributed by atoms with E-state index in [2.05, 4.69) is 18.7 Å². The van der Waals surface area contributed by atoms with E-state index in [1.165, 1.54) is 0 Å². The van der Waals surface area contributed by atoms with Crippen LogP contribution in [-0.4, -0.2) is 47.0 Å². The Hall–Kier alpha value is -0.120. The van der Waals surface area contributed by atoms with Gasteiger partial charge in [-0.1, -0.05) is 13.8 Å². The Balaban J connectivity index is 2.43. The Bertz CT molecular complexity index is 180. The summed E-state index contributed by atoms with van der Waals surface area (Å²) in [5.74, 6) is 0. The molecule has 0 aliphatic carbocycles. The number of hydrogen-bond acceptors (Lipinski definition) is 3. The van der Waals surface area contributed by atoms with Gasteiger partial charge < -0.3 is 15.1 Å². The average Bonchev–Trinajstić information content (AvgIpc) is 2.02. The Kier molecular flexibility index (Phi) is 3.93. The quantitative estimate of drug-likeness (QED) is 0.711. The molecule has 0 bridgehead atoms.